The second-order valence-corrected chi connectivity index (χ2v) is 8.25. The Morgan fingerprint density at radius 3 is 2.70 bits per heavy atom. The van der Waals surface area contributed by atoms with Gasteiger partial charge >= 0.3 is 0 Å². The van der Waals surface area contributed by atoms with E-state index in [9.17, 15) is 4.79 Å². The van der Waals surface area contributed by atoms with Gasteiger partial charge in [0.05, 0.1) is 6.54 Å². The van der Waals surface area contributed by atoms with Gasteiger partial charge < -0.3 is 9.84 Å². The number of amides is 1. The number of carbonyl (C=O) groups is 1. The summed E-state index contributed by atoms with van der Waals surface area (Å²) in [6.45, 7) is 2.33. The summed E-state index contributed by atoms with van der Waals surface area (Å²) in [6.07, 6.45) is 5.19. The van der Waals surface area contributed by atoms with E-state index in [0.29, 0.717) is 18.3 Å². The lowest BCUT2D eigenvalue weighted by atomic mass is 9.95. The van der Waals surface area contributed by atoms with Crippen molar-refractivity contribution in [3.05, 3.63) is 65.5 Å². The maximum atomic E-state index is 12.7. The molecule has 1 aromatic heterocycles. The van der Waals surface area contributed by atoms with Crippen molar-refractivity contribution >= 4 is 11.6 Å². The van der Waals surface area contributed by atoms with Crippen LogP contribution in [0.25, 0.3) is 11.4 Å². The summed E-state index contributed by atoms with van der Waals surface area (Å²) in [5, 5.41) is 7.22. The van der Waals surface area contributed by atoms with Gasteiger partial charge in [-0.1, -0.05) is 41.6 Å². The maximum absolute atomic E-state index is 12.7. The van der Waals surface area contributed by atoms with Gasteiger partial charge in [-0.05, 0) is 68.5 Å². The molecule has 6 nitrogen and oxygen atoms in total. The molecule has 0 saturated carbocycles. The van der Waals surface area contributed by atoms with E-state index in [1.165, 1.54) is 17.5 Å². The molecule has 1 aliphatic heterocycles. The first-order valence-electron chi connectivity index (χ1n) is 10.8. The van der Waals surface area contributed by atoms with Crippen molar-refractivity contribution in [1.82, 2.24) is 15.0 Å². The van der Waals surface area contributed by atoms with Crippen LogP contribution in [0.15, 0.2) is 53.1 Å². The molecule has 30 heavy (non-hydrogen) atoms. The Labute approximate surface area is 176 Å². The molecule has 6 heteroatoms. The molecule has 2 aromatic carbocycles. The van der Waals surface area contributed by atoms with Crippen molar-refractivity contribution in [1.29, 1.82) is 0 Å². The Balaban J connectivity index is 1.13. The topological polar surface area (TPSA) is 71.3 Å². The van der Waals surface area contributed by atoms with Crippen LogP contribution in [0, 0.1) is 5.92 Å². The van der Waals surface area contributed by atoms with E-state index in [1.54, 1.807) is 0 Å². The minimum atomic E-state index is 0.0528. The molecule has 0 atom stereocenters. The summed E-state index contributed by atoms with van der Waals surface area (Å²) in [5.41, 5.74) is 4.70. The van der Waals surface area contributed by atoms with E-state index in [1.807, 2.05) is 36.4 Å². The number of hydrogen-bond acceptors (Lipinski definition) is 5. The first-order valence-corrected chi connectivity index (χ1v) is 10.8. The Bertz CT molecular complexity index is 1020. The smallest absolute Gasteiger partial charge is 0.241 e. The number of piperidine rings is 1. The molecule has 5 rings (SSSR count). The Morgan fingerprint density at radius 2 is 1.87 bits per heavy atom. The van der Waals surface area contributed by atoms with E-state index < -0.39 is 0 Å². The summed E-state index contributed by atoms with van der Waals surface area (Å²) < 4.78 is 5.43. The van der Waals surface area contributed by atoms with Crippen LogP contribution in [0.3, 0.4) is 0 Å². The Kier molecular flexibility index (Phi) is 5.32. The predicted molar refractivity (Wildman–Crippen MR) is 115 cm³/mol. The van der Waals surface area contributed by atoms with Gasteiger partial charge in [-0.15, -0.1) is 0 Å². The number of hydrogen-bond donors (Lipinski definition) is 1. The molecule has 1 amide bonds. The highest BCUT2D eigenvalue weighted by molar-refractivity contribution is 5.92. The molecular weight excluding hydrogens is 376 g/mol. The predicted octanol–water partition coefficient (Wildman–Crippen LogP) is 4.08. The lowest BCUT2D eigenvalue weighted by molar-refractivity contribution is -0.121. The summed E-state index contributed by atoms with van der Waals surface area (Å²) in [4.78, 5) is 19.5. The second kappa shape index (κ2) is 8.40. The minimum absolute atomic E-state index is 0.0528. The number of nitrogens with one attached hydrogen (secondary N) is 1. The van der Waals surface area contributed by atoms with Crippen molar-refractivity contribution in [3.63, 3.8) is 0 Å². The number of nitrogens with zero attached hydrogens (tertiary/aromatic N) is 3. The monoisotopic (exact) mass is 402 g/mol. The molecule has 0 unspecified atom stereocenters. The first kappa shape index (κ1) is 19.0. The molecule has 1 N–H and O–H groups in total. The minimum Gasteiger partial charge on any atom is -0.338 e. The van der Waals surface area contributed by atoms with Crippen molar-refractivity contribution in [2.24, 2.45) is 5.92 Å². The summed E-state index contributed by atoms with van der Waals surface area (Å²) in [6, 6.07) is 16.2. The summed E-state index contributed by atoms with van der Waals surface area (Å²) in [7, 11) is 0. The highest BCUT2D eigenvalue weighted by Gasteiger charge is 2.26. The van der Waals surface area contributed by atoms with E-state index in [0.717, 1.165) is 50.0 Å². The fourth-order valence-electron chi connectivity index (χ4n) is 4.46. The van der Waals surface area contributed by atoms with Crippen molar-refractivity contribution < 1.29 is 9.32 Å². The fourth-order valence-corrected chi connectivity index (χ4v) is 4.46. The molecular formula is C24H26N4O2. The van der Waals surface area contributed by atoms with Crippen LogP contribution in [-0.2, 0) is 24.2 Å². The molecule has 0 bridgehead atoms. The molecule has 154 valence electrons. The fraction of sp³-hybridized carbons (Fsp3) is 0.375. The van der Waals surface area contributed by atoms with Crippen LogP contribution < -0.4 is 5.32 Å². The first-order chi connectivity index (χ1) is 14.7. The number of benzene rings is 2. The van der Waals surface area contributed by atoms with E-state index in [-0.39, 0.29) is 11.8 Å². The third-order valence-electron chi connectivity index (χ3n) is 6.18. The average Bonchev–Trinajstić information content (AvgIpc) is 3.44. The third kappa shape index (κ3) is 4.14. The van der Waals surface area contributed by atoms with Crippen molar-refractivity contribution in [2.45, 2.75) is 38.6 Å². The number of aryl methyl sites for hydroxylation is 2. The van der Waals surface area contributed by atoms with Crippen molar-refractivity contribution in [3.8, 4) is 11.4 Å². The van der Waals surface area contributed by atoms with E-state index in [4.69, 9.17) is 4.52 Å². The zero-order valence-corrected chi connectivity index (χ0v) is 17.0. The van der Waals surface area contributed by atoms with E-state index in [2.05, 4.69) is 32.5 Å². The molecule has 1 aliphatic carbocycles. The Hall–Kier alpha value is -2.99. The van der Waals surface area contributed by atoms with Crippen LogP contribution in [0.4, 0.5) is 5.69 Å². The molecule has 0 radical (unpaired) electrons. The van der Waals surface area contributed by atoms with Crippen molar-refractivity contribution in [2.75, 3.05) is 18.4 Å². The number of carbonyl (C=O) groups excluding carboxylic acids is 1. The summed E-state index contributed by atoms with van der Waals surface area (Å²) >= 11 is 0. The van der Waals surface area contributed by atoms with Gasteiger partial charge in [0.15, 0.2) is 0 Å². The van der Waals surface area contributed by atoms with Gasteiger partial charge in [0.25, 0.3) is 0 Å². The zero-order chi connectivity index (χ0) is 20.3. The van der Waals surface area contributed by atoms with Gasteiger partial charge in [-0.25, -0.2) is 0 Å². The van der Waals surface area contributed by atoms with Gasteiger partial charge in [0, 0.05) is 17.2 Å². The number of rotatable bonds is 5. The highest BCUT2D eigenvalue weighted by Crippen LogP contribution is 2.26. The van der Waals surface area contributed by atoms with Gasteiger partial charge in [-0.2, -0.15) is 4.98 Å². The molecule has 3 aromatic rings. The van der Waals surface area contributed by atoms with Crippen LogP contribution in [-0.4, -0.2) is 34.0 Å². The molecule has 1 fully saturated rings. The van der Waals surface area contributed by atoms with Gasteiger partial charge in [-0.3, -0.25) is 9.69 Å². The molecule has 0 spiro atoms. The standard InChI is InChI=1S/C24H26N4O2/c29-24(25-21-10-9-17-7-4-8-20(17)15-21)19-11-13-28(14-12-19)16-22-26-23(27-30-22)18-5-2-1-3-6-18/h1-3,5-6,9-10,15,19H,4,7-8,11-14,16H2,(H,25,29). The molecule has 1 saturated heterocycles. The third-order valence-corrected chi connectivity index (χ3v) is 6.18. The number of anilines is 1. The van der Waals surface area contributed by atoms with Crippen LogP contribution in [0.2, 0.25) is 0 Å². The highest BCUT2D eigenvalue weighted by atomic mass is 16.5. The lowest BCUT2D eigenvalue weighted by Gasteiger charge is -2.30. The van der Waals surface area contributed by atoms with E-state index >= 15 is 0 Å². The summed E-state index contributed by atoms with van der Waals surface area (Å²) in [5.74, 6) is 1.43. The van der Waals surface area contributed by atoms with Crippen LogP contribution in [0.1, 0.15) is 36.3 Å². The Morgan fingerprint density at radius 1 is 1.07 bits per heavy atom. The number of likely N-dealkylation sites (tertiary alicyclic amines) is 1. The van der Waals surface area contributed by atoms with Gasteiger partial charge in [0.2, 0.25) is 17.6 Å². The number of aromatic nitrogens is 2. The average molecular weight is 402 g/mol. The van der Waals surface area contributed by atoms with Gasteiger partial charge in [0.1, 0.15) is 0 Å². The largest absolute Gasteiger partial charge is 0.338 e. The lowest BCUT2D eigenvalue weighted by Crippen LogP contribution is -2.37. The maximum Gasteiger partial charge on any atom is 0.241 e. The van der Waals surface area contributed by atoms with Crippen LogP contribution in [0.5, 0.6) is 0 Å². The SMILES string of the molecule is O=C(Nc1ccc2c(c1)CCC2)C1CCN(Cc2nc(-c3ccccc3)no2)CC1. The molecule has 2 heterocycles. The zero-order valence-electron chi connectivity index (χ0n) is 17.0. The molecule has 2 aliphatic rings. The second-order valence-electron chi connectivity index (χ2n) is 8.25. The quantitative estimate of drug-likeness (QED) is 0.696. The normalized spacial score (nSPS) is 17.1. The van der Waals surface area contributed by atoms with Crippen LogP contribution >= 0.6 is 0 Å². The number of fused-ring (bicyclic) bond motifs is 1.